The number of rotatable bonds is 3. The third-order valence-corrected chi connectivity index (χ3v) is 3.67. The van der Waals surface area contributed by atoms with E-state index in [1.54, 1.807) is 0 Å². The zero-order valence-corrected chi connectivity index (χ0v) is 10.6. The van der Waals surface area contributed by atoms with Crippen LogP contribution < -0.4 is 5.32 Å². The number of aliphatic hydroxyl groups is 1. The predicted octanol–water partition coefficient (Wildman–Crippen LogP) is 2.81. The summed E-state index contributed by atoms with van der Waals surface area (Å²) >= 11 is 0. The normalized spacial score (nSPS) is 23.9. The first-order chi connectivity index (χ1) is 8.13. The Balaban J connectivity index is 2.24. The average Bonchev–Trinajstić information content (AvgIpc) is 2.40. The highest BCUT2D eigenvalue weighted by molar-refractivity contribution is 5.29. The van der Waals surface area contributed by atoms with E-state index in [0.29, 0.717) is 0 Å². The summed E-state index contributed by atoms with van der Waals surface area (Å²) in [6.45, 7) is 4.87. The molecule has 0 amide bonds. The van der Waals surface area contributed by atoms with Crippen molar-refractivity contribution in [2.45, 2.75) is 38.3 Å². The molecular formula is C15H21NO. The smallest absolute Gasteiger partial charge is 0.0827 e. The van der Waals surface area contributed by atoms with Gasteiger partial charge in [-0.2, -0.15) is 0 Å². The fourth-order valence-corrected chi connectivity index (χ4v) is 2.26. The van der Waals surface area contributed by atoms with E-state index >= 15 is 0 Å². The topological polar surface area (TPSA) is 32.3 Å². The SMILES string of the molecule is CCC(C)(O)C1=CC(c2ccccc2)NCC1. The van der Waals surface area contributed by atoms with Crippen molar-refractivity contribution in [3.8, 4) is 0 Å². The van der Waals surface area contributed by atoms with Crippen LogP contribution in [0.1, 0.15) is 38.3 Å². The van der Waals surface area contributed by atoms with Gasteiger partial charge in [-0.15, -0.1) is 0 Å². The molecule has 2 nitrogen and oxygen atoms in total. The molecule has 0 aromatic heterocycles. The van der Waals surface area contributed by atoms with Gasteiger partial charge >= 0.3 is 0 Å². The van der Waals surface area contributed by atoms with Gasteiger partial charge in [-0.25, -0.2) is 0 Å². The molecule has 2 atom stereocenters. The monoisotopic (exact) mass is 231 g/mol. The van der Waals surface area contributed by atoms with Crippen LogP contribution in [-0.4, -0.2) is 17.3 Å². The molecule has 0 fully saturated rings. The molecule has 0 aliphatic carbocycles. The Hall–Kier alpha value is -1.12. The number of hydrogen-bond donors (Lipinski definition) is 2. The minimum atomic E-state index is -0.658. The van der Waals surface area contributed by atoms with E-state index in [2.05, 4.69) is 35.7 Å². The summed E-state index contributed by atoms with van der Waals surface area (Å²) < 4.78 is 0. The van der Waals surface area contributed by atoms with E-state index in [1.165, 1.54) is 5.56 Å². The molecule has 17 heavy (non-hydrogen) atoms. The van der Waals surface area contributed by atoms with E-state index in [1.807, 2.05) is 19.9 Å². The maximum absolute atomic E-state index is 10.3. The molecule has 0 saturated carbocycles. The molecule has 0 radical (unpaired) electrons. The number of benzene rings is 1. The third kappa shape index (κ3) is 2.76. The van der Waals surface area contributed by atoms with Gasteiger partial charge in [0.2, 0.25) is 0 Å². The largest absolute Gasteiger partial charge is 0.386 e. The van der Waals surface area contributed by atoms with Gasteiger partial charge in [-0.05, 0) is 37.4 Å². The van der Waals surface area contributed by atoms with Crippen molar-refractivity contribution in [2.75, 3.05) is 6.54 Å². The minimum absolute atomic E-state index is 0.234. The van der Waals surface area contributed by atoms with Crippen LogP contribution in [0.15, 0.2) is 42.0 Å². The van der Waals surface area contributed by atoms with Gasteiger partial charge < -0.3 is 10.4 Å². The molecule has 2 heteroatoms. The molecule has 2 rings (SSSR count). The molecule has 1 heterocycles. The van der Waals surface area contributed by atoms with Crippen LogP contribution in [-0.2, 0) is 0 Å². The highest BCUT2D eigenvalue weighted by Gasteiger charge is 2.26. The number of hydrogen-bond acceptors (Lipinski definition) is 2. The standard InChI is InChI=1S/C15H21NO/c1-3-15(2,17)13-9-10-16-14(11-13)12-7-5-4-6-8-12/h4-8,11,14,16-17H,3,9-10H2,1-2H3. The Labute approximate surface area is 103 Å². The molecule has 1 aromatic rings. The second-order valence-corrected chi connectivity index (χ2v) is 4.91. The van der Waals surface area contributed by atoms with Crippen LogP contribution in [0.3, 0.4) is 0 Å². The third-order valence-electron chi connectivity index (χ3n) is 3.67. The van der Waals surface area contributed by atoms with Crippen LogP contribution in [0.5, 0.6) is 0 Å². The fourth-order valence-electron chi connectivity index (χ4n) is 2.26. The lowest BCUT2D eigenvalue weighted by Gasteiger charge is -2.31. The van der Waals surface area contributed by atoms with Gasteiger partial charge in [-0.1, -0.05) is 43.3 Å². The lowest BCUT2D eigenvalue weighted by molar-refractivity contribution is 0.0885. The predicted molar refractivity (Wildman–Crippen MR) is 70.8 cm³/mol. The van der Waals surface area contributed by atoms with Crippen molar-refractivity contribution < 1.29 is 5.11 Å². The molecule has 1 aliphatic heterocycles. The quantitative estimate of drug-likeness (QED) is 0.784. The van der Waals surface area contributed by atoms with Crippen molar-refractivity contribution in [3.05, 3.63) is 47.5 Å². The molecule has 1 aliphatic rings. The van der Waals surface area contributed by atoms with Crippen molar-refractivity contribution in [1.29, 1.82) is 0 Å². The molecule has 0 bridgehead atoms. The minimum Gasteiger partial charge on any atom is -0.386 e. The average molecular weight is 231 g/mol. The first-order valence-electron chi connectivity index (χ1n) is 6.35. The molecule has 92 valence electrons. The second kappa shape index (κ2) is 5.03. The highest BCUT2D eigenvalue weighted by Crippen LogP contribution is 2.29. The van der Waals surface area contributed by atoms with Gasteiger partial charge in [0.05, 0.1) is 11.6 Å². The van der Waals surface area contributed by atoms with Gasteiger partial charge in [-0.3, -0.25) is 0 Å². The van der Waals surface area contributed by atoms with E-state index < -0.39 is 5.60 Å². The zero-order chi connectivity index (χ0) is 12.3. The number of nitrogens with one attached hydrogen (secondary N) is 1. The molecule has 1 aromatic carbocycles. The lowest BCUT2D eigenvalue weighted by Crippen LogP contribution is -2.34. The summed E-state index contributed by atoms with van der Waals surface area (Å²) in [4.78, 5) is 0. The maximum atomic E-state index is 10.3. The van der Waals surface area contributed by atoms with E-state index in [4.69, 9.17) is 0 Å². The molecule has 0 saturated heterocycles. The van der Waals surface area contributed by atoms with E-state index in [-0.39, 0.29) is 6.04 Å². The Bertz CT molecular complexity index is 395. The Kier molecular flexibility index (Phi) is 3.65. The Morgan fingerprint density at radius 2 is 2.06 bits per heavy atom. The van der Waals surface area contributed by atoms with Crippen LogP contribution in [0.2, 0.25) is 0 Å². The summed E-state index contributed by atoms with van der Waals surface area (Å²) in [5.41, 5.74) is 1.76. The van der Waals surface area contributed by atoms with Crippen LogP contribution in [0, 0.1) is 0 Å². The molecule has 2 N–H and O–H groups in total. The summed E-state index contributed by atoms with van der Waals surface area (Å²) in [6, 6.07) is 10.6. The van der Waals surface area contributed by atoms with E-state index in [9.17, 15) is 5.11 Å². The summed E-state index contributed by atoms with van der Waals surface area (Å²) in [6.07, 6.45) is 3.88. The van der Waals surface area contributed by atoms with Crippen molar-refractivity contribution in [3.63, 3.8) is 0 Å². The first kappa shape index (κ1) is 12.3. The maximum Gasteiger partial charge on any atom is 0.0827 e. The first-order valence-corrected chi connectivity index (χ1v) is 6.35. The molecule has 0 spiro atoms. The van der Waals surface area contributed by atoms with Crippen LogP contribution in [0.25, 0.3) is 0 Å². The van der Waals surface area contributed by atoms with E-state index in [0.717, 1.165) is 25.0 Å². The van der Waals surface area contributed by atoms with Gasteiger partial charge in [0, 0.05) is 0 Å². The van der Waals surface area contributed by atoms with Crippen LogP contribution in [0.4, 0.5) is 0 Å². The van der Waals surface area contributed by atoms with Crippen molar-refractivity contribution in [2.24, 2.45) is 0 Å². The van der Waals surface area contributed by atoms with Crippen molar-refractivity contribution >= 4 is 0 Å². The lowest BCUT2D eigenvalue weighted by atomic mass is 9.86. The second-order valence-electron chi connectivity index (χ2n) is 4.91. The summed E-state index contributed by atoms with van der Waals surface area (Å²) in [7, 11) is 0. The van der Waals surface area contributed by atoms with Gasteiger partial charge in [0.1, 0.15) is 0 Å². The summed E-state index contributed by atoms with van der Waals surface area (Å²) in [5, 5.41) is 13.8. The van der Waals surface area contributed by atoms with Gasteiger partial charge in [0.15, 0.2) is 0 Å². The summed E-state index contributed by atoms with van der Waals surface area (Å²) in [5.74, 6) is 0. The highest BCUT2D eigenvalue weighted by atomic mass is 16.3. The van der Waals surface area contributed by atoms with Gasteiger partial charge in [0.25, 0.3) is 0 Å². The fraction of sp³-hybridized carbons (Fsp3) is 0.467. The molecule has 2 unspecified atom stereocenters. The van der Waals surface area contributed by atoms with Crippen molar-refractivity contribution in [1.82, 2.24) is 5.32 Å². The van der Waals surface area contributed by atoms with Crippen LogP contribution >= 0.6 is 0 Å². The Morgan fingerprint density at radius 3 is 2.71 bits per heavy atom. The zero-order valence-electron chi connectivity index (χ0n) is 10.6. The Morgan fingerprint density at radius 1 is 1.35 bits per heavy atom. The molecular weight excluding hydrogens is 210 g/mol.